The van der Waals surface area contributed by atoms with E-state index in [4.69, 9.17) is 0 Å². The summed E-state index contributed by atoms with van der Waals surface area (Å²) in [5.41, 5.74) is 2.34. The zero-order valence-corrected chi connectivity index (χ0v) is 11.4. The topological polar surface area (TPSA) is 32.3 Å². The Labute approximate surface area is 109 Å². The number of aryl methyl sites for hydroxylation is 1. The summed E-state index contributed by atoms with van der Waals surface area (Å²) in [6.45, 7) is 7.95. The van der Waals surface area contributed by atoms with Crippen LogP contribution in [-0.4, -0.2) is 36.0 Å². The number of nitrogens with zero attached hydrogens (tertiary/aromatic N) is 1. The van der Waals surface area contributed by atoms with Crippen LogP contribution in [-0.2, 0) is 11.2 Å². The Balaban J connectivity index is 2.02. The van der Waals surface area contributed by atoms with Crippen molar-refractivity contribution in [1.82, 2.24) is 10.2 Å². The molecule has 0 radical (unpaired) electrons. The second-order valence-corrected chi connectivity index (χ2v) is 5.37. The maximum atomic E-state index is 12.3. The van der Waals surface area contributed by atoms with E-state index in [1.807, 2.05) is 23.1 Å². The molecule has 1 aliphatic heterocycles. The fourth-order valence-corrected chi connectivity index (χ4v) is 2.61. The van der Waals surface area contributed by atoms with Gasteiger partial charge in [-0.1, -0.05) is 24.3 Å². The first kappa shape index (κ1) is 13.1. The molecular weight excluding hydrogens is 224 g/mol. The van der Waals surface area contributed by atoms with Gasteiger partial charge in [-0.05, 0) is 31.9 Å². The zero-order chi connectivity index (χ0) is 13.1. The van der Waals surface area contributed by atoms with Crippen LogP contribution in [0.2, 0.25) is 0 Å². The fraction of sp³-hybridized carbons (Fsp3) is 0.533. The molecule has 1 amide bonds. The van der Waals surface area contributed by atoms with E-state index in [9.17, 15) is 4.79 Å². The number of benzene rings is 1. The minimum atomic E-state index is 0.240. The highest BCUT2D eigenvalue weighted by molar-refractivity contribution is 5.79. The number of carbonyl (C=O) groups excluding carboxylic acids is 1. The largest absolute Gasteiger partial charge is 0.339 e. The van der Waals surface area contributed by atoms with Gasteiger partial charge in [0.1, 0.15) is 0 Å². The number of amides is 1. The minimum absolute atomic E-state index is 0.240. The summed E-state index contributed by atoms with van der Waals surface area (Å²) in [7, 11) is 0. The molecule has 0 aromatic heterocycles. The van der Waals surface area contributed by atoms with Gasteiger partial charge < -0.3 is 10.2 Å². The van der Waals surface area contributed by atoms with Crippen molar-refractivity contribution in [1.29, 1.82) is 0 Å². The molecule has 0 spiro atoms. The van der Waals surface area contributed by atoms with Crippen molar-refractivity contribution >= 4 is 5.91 Å². The van der Waals surface area contributed by atoms with E-state index in [0.717, 1.165) is 18.7 Å². The van der Waals surface area contributed by atoms with Crippen LogP contribution >= 0.6 is 0 Å². The van der Waals surface area contributed by atoms with E-state index in [1.165, 1.54) is 5.56 Å². The predicted octanol–water partition coefficient (Wildman–Crippen LogP) is 1.75. The monoisotopic (exact) mass is 246 g/mol. The highest BCUT2D eigenvalue weighted by Crippen LogP contribution is 2.11. The third-order valence-electron chi connectivity index (χ3n) is 3.51. The van der Waals surface area contributed by atoms with Gasteiger partial charge in [-0.3, -0.25) is 4.79 Å². The van der Waals surface area contributed by atoms with Crippen LogP contribution in [0.15, 0.2) is 24.3 Å². The maximum Gasteiger partial charge on any atom is 0.227 e. The van der Waals surface area contributed by atoms with Crippen LogP contribution in [0.25, 0.3) is 0 Å². The van der Waals surface area contributed by atoms with Gasteiger partial charge in [-0.25, -0.2) is 0 Å². The average molecular weight is 246 g/mol. The van der Waals surface area contributed by atoms with Gasteiger partial charge in [0.05, 0.1) is 6.42 Å². The molecular formula is C15H22N2O. The van der Waals surface area contributed by atoms with Crippen LogP contribution in [0.5, 0.6) is 0 Å². The molecule has 3 nitrogen and oxygen atoms in total. The SMILES string of the molecule is Cc1ccccc1CC(=O)N1C[C@@H](C)N[C@H](C)C1. The lowest BCUT2D eigenvalue weighted by molar-refractivity contribution is -0.132. The van der Waals surface area contributed by atoms with E-state index in [2.05, 4.69) is 32.2 Å². The molecule has 1 saturated heterocycles. The first-order chi connectivity index (χ1) is 8.56. The van der Waals surface area contributed by atoms with E-state index in [-0.39, 0.29) is 5.91 Å². The Bertz CT molecular complexity index is 420. The Morgan fingerprint density at radius 1 is 1.28 bits per heavy atom. The third kappa shape index (κ3) is 3.10. The molecule has 0 saturated carbocycles. The highest BCUT2D eigenvalue weighted by Gasteiger charge is 2.24. The molecule has 0 unspecified atom stereocenters. The van der Waals surface area contributed by atoms with Crippen LogP contribution in [0, 0.1) is 6.92 Å². The summed E-state index contributed by atoms with van der Waals surface area (Å²) in [6.07, 6.45) is 0.520. The first-order valence-electron chi connectivity index (χ1n) is 6.64. The van der Waals surface area contributed by atoms with E-state index >= 15 is 0 Å². The van der Waals surface area contributed by atoms with Gasteiger partial charge in [0.2, 0.25) is 5.91 Å². The third-order valence-corrected chi connectivity index (χ3v) is 3.51. The van der Waals surface area contributed by atoms with Crippen LogP contribution in [0.4, 0.5) is 0 Å². The van der Waals surface area contributed by atoms with Gasteiger partial charge >= 0.3 is 0 Å². The van der Waals surface area contributed by atoms with E-state index in [0.29, 0.717) is 18.5 Å². The number of hydrogen-bond acceptors (Lipinski definition) is 2. The van der Waals surface area contributed by atoms with Crippen molar-refractivity contribution in [3.63, 3.8) is 0 Å². The van der Waals surface area contributed by atoms with Crippen molar-refractivity contribution < 1.29 is 4.79 Å². The number of carbonyl (C=O) groups is 1. The molecule has 1 aromatic rings. The van der Waals surface area contributed by atoms with Gasteiger partial charge in [0.15, 0.2) is 0 Å². The van der Waals surface area contributed by atoms with Crippen molar-refractivity contribution in [2.24, 2.45) is 0 Å². The highest BCUT2D eigenvalue weighted by atomic mass is 16.2. The molecule has 1 heterocycles. The summed E-state index contributed by atoms with van der Waals surface area (Å²) in [4.78, 5) is 14.3. The van der Waals surface area contributed by atoms with Crippen LogP contribution < -0.4 is 5.32 Å². The van der Waals surface area contributed by atoms with Crippen LogP contribution in [0.3, 0.4) is 0 Å². The molecule has 1 aliphatic rings. The Morgan fingerprint density at radius 2 is 1.89 bits per heavy atom. The lowest BCUT2D eigenvalue weighted by Gasteiger charge is -2.36. The molecule has 2 atom stereocenters. The molecule has 2 rings (SSSR count). The lowest BCUT2D eigenvalue weighted by atomic mass is 10.0. The minimum Gasteiger partial charge on any atom is -0.339 e. The summed E-state index contributed by atoms with van der Waals surface area (Å²) in [6, 6.07) is 8.88. The number of nitrogens with one attached hydrogen (secondary N) is 1. The molecule has 1 fully saturated rings. The Kier molecular flexibility index (Phi) is 4.02. The van der Waals surface area contributed by atoms with Gasteiger partial charge in [0.25, 0.3) is 0 Å². The second kappa shape index (κ2) is 5.53. The molecule has 1 N–H and O–H groups in total. The average Bonchev–Trinajstić information content (AvgIpc) is 2.31. The first-order valence-corrected chi connectivity index (χ1v) is 6.64. The van der Waals surface area contributed by atoms with E-state index in [1.54, 1.807) is 0 Å². The quantitative estimate of drug-likeness (QED) is 0.862. The molecule has 3 heteroatoms. The zero-order valence-electron chi connectivity index (χ0n) is 11.4. The summed E-state index contributed by atoms with van der Waals surface area (Å²) in [5, 5.41) is 3.45. The summed E-state index contributed by atoms with van der Waals surface area (Å²) >= 11 is 0. The predicted molar refractivity (Wildman–Crippen MR) is 73.5 cm³/mol. The molecule has 0 bridgehead atoms. The molecule has 98 valence electrons. The Hall–Kier alpha value is -1.35. The maximum absolute atomic E-state index is 12.3. The van der Waals surface area contributed by atoms with Gasteiger partial charge in [0, 0.05) is 25.2 Å². The van der Waals surface area contributed by atoms with Crippen molar-refractivity contribution in [2.45, 2.75) is 39.3 Å². The number of rotatable bonds is 2. The summed E-state index contributed by atoms with van der Waals surface area (Å²) < 4.78 is 0. The van der Waals surface area contributed by atoms with Crippen molar-refractivity contribution in [3.8, 4) is 0 Å². The number of hydrogen-bond donors (Lipinski definition) is 1. The second-order valence-electron chi connectivity index (χ2n) is 5.37. The molecule has 1 aromatic carbocycles. The molecule has 18 heavy (non-hydrogen) atoms. The van der Waals surface area contributed by atoms with Crippen molar-refractivity contribution in [3.05, 3.63) is 35.4 Å². The molecule has 0 aliphatic carbocycles. The number of piperazine rings is 1. The fourth-order valence-electron chi connectivity index (χ4n) is 2.61. The van der Waals surface area contributed by atoms with Crippen molar-refractivity contribution in [2.75, 3.05) is 13.1 Å². The standard InChI is InChI=1S/C15H22N2O/c1-11-6-4-5-7-14(11)8-15(18)17-9-12(2)16-13(3)10-17/h4-7,12-13,16H,8-10H2,1-3H3/t12-,13-/m1/s1. The van der Waals surface area contributed by atoms with Gasteiger partial charge in [-0.2, -0.15) is 0 Å². The van der Waals surface area contributed by atoms with Gasteiger partial charge in [-0.15, -0.1) is 0 Å². The lowest BCUT2D eigenvalue weighted by Crippen LogP contribution is -2.56. The van der Waals surface area contributed by atoms with E-state index < -0.39 is 0 Å². The van der Waals surface area contributed by atoms with Crippen LogP contribution in [0.1, 0.15) is 25.0 Å². The normalized spacial score (nSPS) is 24.1. The smallest absolute Gasteiger partial charge is 0.227 e. The Morgan fingerprint density at radius 3 is 2.50 bits per heavy atom. The summed E-state index contributed by atoms with van der Waals surface area (Å²) in [5.74, 6) is 0.240.